The first-order valence-electron chi connectivity index (χ1n) is 10.7. The van der Waals surface area contributed by atoms with E-state index < -0.39 is 0 Å². The van der Waals surface area contributed by atoms with E-state index in [2.05, 4.69) is 32.6 Å². The molecule has 1 amide bonds. The number of hydrogen-bond donors (Lipinski definition) is 0. The highest BCUT2D eigenvalue weighted by atomic mass is 32.1. The van der Waals surface area contributed by atoms with Gasteiger partial charge in [0.05, 0.1) is 17.4 Å². The molecule has 2 saturated heterocycles. The number of likely N-dealkylation sites (tertiary alicyclic amines) is 2. The van der Waals surface area contributed by atoms with E-state index in [1.54, 1.807) is 11.3 Å². The number of carbonyl (C=O) groups is 1. The number of rotatable bonds is 4. The van der Waals surface area contributed by atoms with E-state index >= 15 is 0 Å². The largest absolute Gasteiger partial charge is 0.337 e. The Morgan fingerprint density at radius 1 is 1.10 bits per heavy atom. The van der Waals surface area contributed by atoms with Gasteiger partial charge in [-0.3, -0.25) is 19.1 Å². The molecule has 6 nitrogen and oxygen atoms in total. The van der Waals surface area contributed by atoms with Crippen molar-refractivity contribution in [3.63, 3.8) is 0 Å². The van der Waals surface area contributed by atoms with Crippen LogP contribution in [0.2, 0.25) is 0 Å². The lowest BCUT2D eigenvalue weighted by Gasteiger charge is -2.35. The van der Waals surface area contributed by atoms with E-state index in [4.69, 9.17) is 4.98 Å². The minimum atomic E-state index is 0.0991. The fraction of sp³-hybridized carbons (Fsp3) is 0.500. The summed E-state index contributed by atoms with van der Waals surface area (Å²) in [7, 11) is 0. The molecule has 0 spiro atoms. The van der Waals surface area contributed by atoms with Gasteiger partial charge in [-0.05, 0) is 50.8 Å². The van der Waals surface area contributed by atoms with Crippen molar-refractivity contribution in [2.45, 2.75) is 51.1 Å². The third kappa shape index (κ3) is 3.69. The lowest BCUT2D eigenvalue weighted by atomic mass is 9.98. The number of aromatic nitrogens is 3. The average Bonchev–Trinajstić information content (AvgIpc) is 3.37. The third-order valence-corrected chi connectivity index (χ3v) is 6.96. The number of thiazole rings is 1. The molecule has 2 aliphatic heterocycles. The lowest BCUT2D eigenvalue weighted by Crippen LogP contribution is -2.38. The van der Waals surface area contributed by atoms with Gasteiger partial charge in [-0.1, -0.05) is 12.5 Å². The molecule has 5 heterocycles. The van der Waals surface area contributed by atoms with Crippen LogP contribution in [0, 0.1) is 0 Å². The van der Waals surface area contributed by atoms with Gasteiger partial charge < -0.3 is 4.90 Å². The lowest BCUT2D eigenvalue weighted by molar-refractivity contribution is 0.0713. The van der Waals surface area contributed by atoms with Crippen LogP contribution in [0.5, 0.6) is 0 Å². The predicted octanol–water partition coefficient (Wildman–Crippen LogP) is 4.14. The molecule has 5 rings (SSSR count). The minimum Gasteiger partial charge on any atom is -0.337 e. The Bertz CT molecular complexity index is 976. The Kier molecular flexibility index (Phi) is 5.33. The van der Waals surface area contributed by atoms with Crippen LogP contribution in [0.3, 0.4) is 0 Å². The first kappa shape index (κ1) is 18.8. The van der Waals surface area contributed by atoms with Crippen molar-refractivity contribution in [3.05, 3.63) is 53.1 Å². The molecule has 1 atom stereocenters. The van der Waals surface area contributed by atoms with E-state index in [0.717, 1.165) is 61.8 Å². The molecule has 7 heteroatoms. The van der Waals surface area contributed by atoms with Gasteiger partial charge in [0, 0.05) is 37.4 Å². The molecule has 0 bridgehead atoms. The predicted molar refractivity (Wildman–Crippen MR) is 114 cm³/mol. The summed E-state index contributed by atoms with van der Waals surface area (Å²) in [5, 5.41) is 2.05. The van der Waals surface area contributed by atoms with E-state index in [0.29, 0.717) is 11.7 Å². The number of imidazole rings is 1. The van der Waals surface area contributed by atoms with Crippen molar-refractivity contribution >= 4 is 22.2 Å². The molecule has 2 fully saturated rings. The van der Waals surface area contributed by atoms with E-state index in [1.165, 1.54) is 19.3 Å². The second-order valence-electron chi connectivity index (χ2n) is 8.05. The Labute approximate surface area is 175 Å². The molecule has 0 aromatic carbocycles. The van der Waals surface area contributed by atoms with Gasteiger partial charge in [-0.2, -0.15) is 0 Å². The van der Waals surface area contributed by atoms with E-state index in [-0.39, 0.29) is 5.91 Å². The molecule has 1 unspecified atom stereocenters. The smallest absolute Gasteiger partial charge is 0.274 e. The topological polar surface area (TPSA) is 53.7 Å². The summed E-state index contributed by atoms with van der Waals surface area (Å²) in [6.07, 6.45) is 10.8. The molecular weight excluding hydrogens is 382 g/mol. The standard InChI is InChI=1S/C22H27N5OS/c28-21(25-11-5-1-6-12-25)20-19(27-14-15-29-22(27)24-20)16-26-13-7-3-9-18(26)17-8-2-4-10-23-17/h2,4,8,10,14-15,18H,1,3,5-7,9,11-13,16H2. The van der Waals surface area contributed by atoms with Crippen LogP contribution in [-0.2, 0) is 6.54 Å². The third-order valence-electron chi connectivity index (χ3n) is 6.20. The fourth-order valence-corrected chi connectivity index (χ4v) is 5.42. The number of fused-ring (bicyclic) bond motifs is 1. The van der Waals surface area contributed by atoms with Crippen molar-refractivity contribution in [2.75, 3.05) is 19.6 Å². The monoisotopic (exact) mass is 409 g/mol. The van der Waals surface area contributed by atoms with Gasteiger partial charge in [0.25, 0.3) is 5.91 Å². The van der Waals surface area contributed by atoms with Crippen molar-refractivity contribution in [1.82, 2.24) is 24.2 Å². The van der Waals surface area contributed by atoms with Crippen LogP contribution < -0.4 is 0 Å². The highest BCUT2D eigenvalue weighted by Crippen LogP contribution is 2.32. The molecule has 29 heavy (non-hydrogen) atoms. The number of amides is 1. The second kappa shape index (κ2) is 8.24. The highest BCUT2D eigenvalue weighted by molar-refractivity contribution is 7.15. The molecule has 3 aromatic rings. The van der Waals surface area contributed by atoms with Crippen molar-refractivity contribution in [2.24, 2.45) is 0 Å². The fourth-order valence-electron chi connectivity index (χ4n) is 4.68. The maximum Gasteiger partial charge on any atom is 0.274 e. The SMILES string of the molecule is O=C(c1nc2sccn2c1CN1CCCCC1c1ccccn1)N1CCCCC1. The van der Waals surface area contributed by atoms with Crippen LogP contribution >= 0.6 is 11.3 Å². The molecule has 2 aliphatic rings. The van der Waals surface area contributed by atoms with Crippen LogP contribution in [0.4, 0.5) is 0 Å². The average molecular weight is 410 g/mol. The second-order valence-corrected chi connectivity index (χ2v) is 8.93. The number of carbonyl (C=O) groups excluding carboxylic acids is 1. The van der Waals surface area contributed by atoms with Crippen LogP contribution in [0.25, 0.3) is 4.96 Å². The van der Waals surface area contributed by atoms with Crippen LogP contribution in [0.15, 0.2) is 36.0 Å². The summed E-state index contributed by atoms with van der Waals surface area (Å²) in [5.74, 6) is 0.0991. The number of hydrogen-bond acceptors (Lipinski definition) is 5. The van der Waals surface area contributed by atoms with E-state index in [9.17, 15) is 4.79 Å². The van der Waals surface area contributed by atoms with Crippen molar-refractivity contribution in [3.8, 4) is 0 Å². The molecule has 0 saturated carbocycles. The summed E-state index contributed by atoms with van der Waals surface area (Å²) in [6.45, 7) is 3.46. The summed E-state index contributed by atoms with van der Waals surface area (Å²) in [4.78, 5) is 28.1. The van der Waals surface area contributed by atoms with Gasteiger partial charge in [-0.15, -0.1) is 11.3 Å². The number of nitrogens with zero attached hydrogens (tertiary/aromatic N) is 5. The van der Waals surface area contributed by atoms with E-state index in [1.807, 2.05) is 22.5 Å². The van der Waals surface area contributed by atoms with Gasteiger partial charge in [0.1, 0.15) is 0 Å². The first-order chi connectivity index (χ1) is 14.3. The van der Waals surface area contributed by atoms with Crippen LogP contribution in [0.1, 0.15) is 66.4 Å². The maximum atomic E-state index is 13.3. The summed E-state index contributed by atoms with van der Waals surface area (Å²) in [5.41, 5.74) is 2.80. The van der Waals surface area contributed by atoms with Gasteiger partial charge in [0.15, 0.2) is 10.7 Å². The quantitative estimate of drug-likeness (QED) is 0.650. The zero-order valence-corrected chi connectivity index (χ0v) is 17.5. The van der Waals surface area contributed by atoms with Crippen LogP contribution in [-0.4, -0.2) is 49.7 Å². The minimum absolute atomic E-state index is 0.0991. The normalized spacial score (nSPS) is 21.0. The summed E-state index contributed by atoms with van der Waals surface area (Å²) < 4.78 is 2.12. The zero-order chi connectivity index (χ0) is 19.6. The molecule has 0 radical (unpaired) electrons. The Morgan fingerprint density at radius 3 is 2.79 bits per heavy atom. The first-order valence-corrected chi connectivity index (χ1v) is 11.6. The molecule has 0 aliphatic carbocycles. The van der Waals surface area contributed by atoms with Gasteiger partial charge in [-0.25, -0.2) is 4.98 Å². The highest BCUT2D eigenvalue weighted by Gasteiger charge is 2.30. The number of pyridine rings is 1. The Hall–Kier alpha value is -2.25. The van der Waals surface area contributed by atoms with Crippen molar-refractivity contribution < 1.29 is 4.79 Å². The summed E-state index contributed by atoms with van der Waals surface area (Å²) in [6, 6.07) is 6.46. The maximum absolute atomic E-state index is 13.3. The van der Waals surface area contributed by atoms with Gasteiger partial charge >= 0.3 is 0 Å². The molecular formula is C22H27N5OS. The molecule has 152 valence electrons. The number of piperidine rings is 2. The van der Waals surface area contributed by atoms with Crippen molar-refractivity contribution in [1.29, 1.82) is 0 Å². The molecule has 3 aromatic heterocycles. The van der Waals surface area contributed by atoms with Gasteiger partial charge in [0.2, 0.25) is 0 Å². The molecule has 0 N–H and O–H groups in total. The Morgan fingerprint density at radius 2 is 1.97 bits per heavy atom. The summed E-state index contributed by atoms with van der Waals surface area (Å²) >= 11 is 1.60. The zero-order valence-electron chi connectivity index (χ0n) is 16.7. The Balaban J connectivity index is 1.47.